The van der Waals surface area contributed by atoms with Crippen LogP contribution in [0.4, 0.5) is 0 Å². The molecule has 2 aromatic heterocycles. The molecule has 1 N–H and O–H groups in total. The van der Waals surface area contributed by atoms with E-state index in [0.717, 1.165) is 17.6 Å². The van der Waals surface area contributed by atoms with Crippen molar-refractivity contribution in [3.05, 3.63) is 41.2 Å². The number of ether oxygens (including phenoxy) is 1. The summed E-state index contributed by atoms with van der Waals surface area (Å²) >= 11 is 0. The van der Waals surface area contributed by atoms with Gasteiger partial charge in [-0.1, -0.05) is 0 Å². The van der Waals surface area contributed by atoms with Crippen LogP contribution in [0.3, 0.4) is 0 Å². The van der Waals surface area contributed by atoms with Crippen molar-refractivity contribution in [1.82, 2.24) is 19.7 Å². The summed E-state index contributed by atoms with van der Waals surface area (Å²) in [7, 11) is 1.85. The summed E-state index contributed by atoms with van der Waals surface area (Å²) in [5, 5.41) is 16.7. The Morgan fingerprint density at radius 2 is 2.14 bits per heavy atom. The van der Waals surface area contributed by atoms with Gasteiger partial charge in [0.05, 0.1) is 0 Å². The monoisotopic (exact) mass is 288 g/mol. The largest absolute Gasteiger partial charge is 0.483 e. The summed E-state index contributed by atoms with van der Waals surface area (Å²) in [6.45, 7) is 3.91. The van der Waals surface area contributed by atoms with Gasteiger partial charge in [0.15, 0.2) is 5.82 Å². The molecule has 0 saturated heterocycles. The standard InChI is InChI=1S/C14H16N4O3/c1-9-4-6-12(11(15-9)5-7-14(19)20)21-8-13-17-16-10(2)18(13)3/h4-7H,8H2,1-3H3,(H,19,20). The highest BCUT2D eigenvalue weighted by atomic mass is 16.5. The van der Waals surface area contributed by atoms with Crippen LogP contribution in [0.5, 0.6) is 5.75 Å². The fraction of sp³-hybridized carbons (Fsp3) is 0.286. The summed E-state index contributed by atoms with van der Waals surface area (Å²) in [5.74, 6) is 0.940. The van der Waals surface area contributed by atoms with E-state index < -0.39 is 5.97 Å². The average molecular weight is 288 g/mol. The van der Waals surface area contributed by atoms with Crippen LogP contribution < -0.4 is 4.74 Å². The lowest BCUT2D eigenvalue weighted by Gasteiger charge is -2.09. The second kappa shape index (κ2) is 6.17. The molecule has 0 radical (unpaired) electrons. The number of carboxylic acids is 1. The normalized spacial score (nSPS) is 11.0. The highest BCUT2D eigenvalue weighted by molar-refractivity contribution is 5.85. The van der Waals surface area contributed by atoms with Crippen LogP contribution in [0, 0.1) is 13.8 Å². The van der Waals surface area contributed by atoms with E-state index >= 15 is 0 Å². The van der Waals surface area contributed by atoms with Gasteiger partial charge in [-0.15, -0.1) is 10.2 Å². The molecule has 21 heavy (non-hydrogen) atoms. The van der Waals surface area contributed by atoms with Crippen LogP contribution in [0.25, 0.3) is 6.08 Å². The number of aromatic nitrogens is 4. The number of hydrogen-bond donors (Lipinski definition) is 1. The number of hydrogen-bond acceptors (Lipinski definition) is 5. The smallest absolute Gasteiger partial charge is 0.328 e. The Balaban J connectivity index is 2.19. The van der Waals surface area contributed by atoms with E-state index in [-0.39, 0.29) is 6.61 Å². The fourth-order valence-corrected chi connectivity index (χ4v) is 1.67. The molecule has 0 aliphatic carbocycles. The number of carboxylic acid groups (broad SMARTS) is 1. The summed E-state index contributed by atoms with van der Waals surface area (Å²) in [6.07, 6.45) is 2.44. The molecule has 0 aliphatic rings. The van der Waals surface area contributed by atoms with Crippen molar-refractivity contribution in [3.8, 4) is 5.75 Å². The van der Waals surface area contributed by atoms with Crippen molar-refractivity contribution in [2.24, 2.45) is 7.05 Å². The molecular formula is C14H16N4O3. The first-order chi connectivity index (χ1) is 9.97. The lowest BCUT2D eigenvalue weighted by molar-refractivity contribution is -0.131. The average Bonchev–Trinajstić information content (AvgIpc) is 2.75. The zero-order chi connectivity index (χ0) is 15.4. The highest BCUT2D eigenvalue weighted by Gasteiger charge is 2.08. The molecule has 0 atom stereocenters. The number of aryl methyl sites for hydroxylation is 2. The maximum Gasteiger partial charge on any atom is 0.328 e. The Morgan fingerprint density at radius 3 is 2.76 bits per heavy atom. The molecule has 2 rings (SSSR count). The van der Waals surface area contributed by atoms with Crippen molar-refractivity contribution >= 4 is 12.0 Å². The summed E-state index contributed by atoms with van der Waals surface area (Å²) < 4.78 is 7.50. The molecule has 0 saturated carbocycles. The van der Waals surface area contributed by atoms with E-state index in [1.807, 2.05) is 25.5 Å². The minimum Gasteiger partial charge on any atom is -0.483 e. The predicted molar refractivity (Wildman–Crippen MR) is 75.7 cm³/mol. The van der Waals surface area contributed by atoms with Gasteiger partial charge in [0.2, 0.25) is 0 Å². The third-order valence-corrected chi connectivity index (χ3v) is 2.95. The first-order valence-corrected chi connectivity index (χ1v) is 6.33. The molecule has 2 heterocycles. The molecule has 0 amide bonds. The van der Waals surface area contributed by atoms with Crippen LogP contribution in [0.1, 0.15) is 23.0 Å². The third-order valence-electron chi connectivity index (χ3n) is 2.95. The lowest BCUT2D eigenvalue weighted by atomic mass is 10.2. The molecule has 110 valence electrons. The quantitative estimate of drug-likeness (QED) is 0.839. The number of carbonyl (C=O) groups is 1. The zero-order valence-electron chi connectivity index (χ0n) is 12.1. The Morgan fingerprint density at radius 1 is 1.38 bits per heavy atom. The number of nitrogens with zero attached hydrogens (tertiary/aromatic N) is 4. The highest BCUT2D eigenvalue weighted by Crippen LogP contribution is 2.19. The summed E-state index contributed by atoms with van der Waals surface area (Å²) in [5.41, 5.74) is 1.25. The van der Waals surface area contributed by atoms with Crippen molar-refractivity contribution in [2.45, 2.75) is 20.5 Å². The molecule has 7 nitrogen and oxygen atoms in total. The van der Waals surface area contributed by atoms with E-state index in [1.54, 1.807) is 12.1 Å². The SMILES string of the molecule is Cc1ccc(OCc2nnc(C)n2C)c(C=CC(=O)O)n1. The molecule has 0 aliphatic heterocycles. The van der Waals surface area contributed by atoms with Crippen LogP contribution in [0.15, 0.2) is 18.2 Å². The summed E-state index contributed by atoms with van der Waals surface area (Å²) in [4.78, 5) is 14.9. The second-order valence-electron chi connectivity index (χ2n) is 4.52. The van der Waals surface area contributed by atoms with Gasteiger partial charge in [-0.25, -0.2) is 9.78 Å². The maximum atomic E-state index is 10.6. The van der Waals surface area contributed by atoms with Crippen molar-refractivity contribution in [1.29, 1.82) is 0 Å². The fourth-order valence-electron chi connectivity index (χ4n) is 1.67. The topological polar surface area (TPSA) is 90.1 Å². The number of pyridine rings is 1. The first-order valence-electron chi connectivity index (χ1n) is 6.33. The van der Waals surface area contributed by atoms with Crippen LogP contribution in [-0.2, 0) is 18.4 Å². The molecule has 0 aromatic carbocycles. The van der Waals surface area contributed by atoms with Gasteiger partial charge in [-0.3, -0.25) is 0 Å². The molecular weight excluding hydrogens is 272 g/mol. The van der Waals surface area contributed by atoms with Crippen LogP contribution in [0.2, 0.25) is 0 Å². The Kier molecular flexibility index (Phi) is 4.32. The minimum absolute atomic E-state index is 0.232. The maximum absolute atomic E-state index is 10.6. The third kappa shape index (κ3) is 3.65. The van der Waals surface area contributed by atoms with Gasteiger partial charge in [0.25, 0.3) is 0 Å². The van der Waals surface area contributed by atoms with Crippen molar-refractivity contribution in [3.63, 3.8) is 0 Å². The second-order valence-corrected chi connectivity index (χ2v) is 4.52. The van der Waals surface area contributed by atoms with Crippen molar-refractivity contribution in [2.75, 3.05) is 0 Å². The predicted octanol–water partition coefficient (Wildman–Crippen LogP) is 1.50. The lowest BCUT2D eigenvalue weighted by Crippen LogP contribution is -2.05. The molecule has 2 aromatic rings. The molecule has 0 spiro atoms. The van der Waals surface area contributed by atoms with E-state index in [2.05, 4.69) is 15.2 Å². The molecule has 0 bridgehead atoms. The number of aliphatic carboxylic acids is 1. The van der Waals surface area contributed by atoms with Gasteiger partial charge in [0.1, 0.15) is 23.9 Å². The van der Waals surface area contributed by atoms with Gasteiger partial charge < -0.3 is 14.4 Å². The van der Waals surface area contributed by atoms with Gasteiger partial charge in [-0.2, -0.15) is 0 Å². The van der Waals surface area contributed by atoms with E-state index in [0.29, 0.717) is 17.3 Å². The Hall–Kier alpha value is -2.70. The molecule has 0 unspecified atom stereocenters. The van der Waals surface area contributed by atoms with Gasteiger partial charge >= 0.3 is 5.97 Å². The van der Waals surface area contributed by atoms with Gasteiger partial charge in [0, 0.05) is 18.8 Å². The molecule has 7 heteroatoms. The van der Waals surface area contributed by atoms with Crippen molar-refractivity contribution < 1.29 is 14.6 Å². The van der Waals surface area contributed by atoms with E-state index in [4.69, 9.17) is 9.84 Å². The van der Waals surface area contributed by atoms with Crippen LogP contribution in [-0.4, -0.2) is 30.8 Å². The Bertz CT molecular complexity index is 692. The minimum atomic E-state index is -1.03. The first kappa shape index (κ1) is 14.7. The van der Waals surface area contributed by atoms with E-state index in [9.17, 15) is 4.79 Å². The summed E-state index contributed by atoms with van der Waals surface area (Å²) in [6, 6.07) is 3.56. The zero-order valence-corrected chi connectivity index (χ0v) is 12.1. The van der Waals surface area contributed by atoms with Gasteiger partial charge in [-0.05, 0) is 32.1 Å². The Labute approximate surface area is 121 Å². The molecule has 0 fully saturated rings. The van der Waals surface area contributed by atoms with Crippen LogP contribution >= 0.6 is 0 Å². The number of rotatable bonds is 5. The van der Waals surface area contributed by atoms with E-state index in [1.165, 1.54) is 6.08 Å².